The van der Waals surface area contributed by atoms with Crippen LogP contribution < -0.4 is 15.3 Å². The first-order valence-corrected chi connectivity index (χ1v) is 10.5. The van der Waals surface area contributed by atoms with Crippen molar-refractivity contribution in [2.75, 3.05) is 6.61 Å². The molecule has 0 rings (SSSR count). The summed E-state index contributed by atoms with van der Waals surface area (Å²) in [5.74, 6) is -0.767. The first kappa shape index (κ1) is 34.9. The van der Waals surface area contributed by atoms with Crippen molar-refractivity contribution >= 4 is 23.3 Å². The number of rotatable bonds is 12. The zero-order valence-electron chi connectivity index (χ0n) is 19.1. The van der Waals surface area contributed by atoms with Crippen molar-refractivity contribution in [3.05, 3.63) is 11.8 Å². The molecule has 164 valence electrons. The number of carbonyl (C=O) groups is 1. The maximum Gasteiger partial charge on any atom is 3.00 e. The average Bonchev–Trinajstić information content (AvgIpc) is 2.51. The third kappa shape index (κ3) is 56.2. The van der Waals surface area contributed by atoms with Crippen molar-refractivity contribution in [1.29, 1.82) is 0 Å². The fourth-order valence-corrected chi connectivity index (χ4v) is 1.97. The van der Waals surface area contributed by atoms with Gasteiger partial charge in [0.15, 0.2) is 0 Å². The number of hydrogen-bond acceptors (Lipinski definition) is 5. The zero-order chi connectivity index (χ0) is 21.5. The maximum atomic E-state index is 11.0. The van der Waals surface area contributed by atoms with Gasteiger partial charge in [-0.3, -0.25) is 0 Å². The Bertz CT molecular complexity index is 315. The van der Waals surface area contributed by atoms with Gasteiger partial charge in [-0.15, -0.1) is 18.0 Å². The smallest absolute Gasteiger partial charge is 0.875 e. The van der Waals surface area contributed by atoms with Gasteiger partial charge in [0.25, 0.3) is 0 Å². The summed E-state index contributed by atoms with van der Waals surface area (Å²) in [4.78, 5) is 11.0. The van der Waals surface area contributed by atoms with Gasteiger partial charge in [0, 0.05) is 6.08 Å². The molecule has 6 heteroatoms. The molecule has 0 atom stereocenters. The van der Waals surface area contributed by atoms with E-state index in [1.807, 2.05) is 0 Å². The summed E-state index contributed by atoms with van der Waals surface area (Å²) in [7, 11) is 0. The number of allylic oxidation sites excluding steroid dienone is 1. The van der Waals surface area contributed by atoms with Crippen LogP contribution in [0, 0.1) is 0 Å². The molecule has 28 heavy (non-hydrogen) atoms. The van der Waals surface area contributed by atoms with Crippen molar-refractivity contribution in [1.82, 2.24) is 0 Å². The summed E-state index contributed by atoms with van der Waals surface area (Å²) in [6.45, 7) is 10.5. The minimum Gasteiger partial charge on any atom is -0.875 e. The van der Waals surface area contributed by atoms with Crippen LogP contribution in [0.4, 0.5) is 0 Å². The van der Waals surface area contributed by atoms with Crippen molar-refractivity contribution in [3.63, 3.8) is 0 Å². The molecule has 0 bridgehead atoms. The van der Waals surface area contributed by atoms with Gasteiger partial charge < -0.3 is 20.1 Å². The van der Waals surface area contributed by atoms with Crippen molar-refractivity contribution in [2.24, 2.45) is 0 Å². The number of ether oxygens (including phenoxy) is 1. The number of carbonyl (C=O) groups excluding carboxylic acids is 1. The second kappa shape index (κ2) is 28.7. The number of esters is 1. The van der Waals surface area contributed by atoms with Crippen LogP contribution in [0.2, 0.25) is 0 Å². The predicted octanol–water partition coefficient (Wildman–Crippen LogP) is 2.84. The Labute approximate surface area is 184 Å². The SMILES string of the molecule is CC(C)[O-].CC(C)[O-].CCCCCCCCCCCCOC(=O)/C=C(/C)[O-].[Al+3]. The molecule has 0 fully saturated rings. The van der Waals surface area contributed by atoms with Crippen LogP contribution >= 0.6 is 0 Å². The quantitative estimate of drug-likeness (QED) is 0.161. The third-order valence-corrected chi connectivity index (χ3v) is 3.06. The largest absolute Gasteiger partial charge is 3.00 e. The molecule has 0 aliphatic rings. The Morgan fingerprint density at radius 2 is 1.14 bits per heavy atom. The monoisotopic (exact) mass is 414 g/mol. The van der Waals surface area contributed by atoms with Gasteiger partial charge >= 0.3 is 23.3 Å². The third-order valence-electron chi connectivity index (χ3n) is 3.06. The summed E-state index contributed by atoms with van der Waals surface area (Å²) in [5, 5.41) is 29.7. The fraction of sp³-hybridized carbons (Fsp3) is 0.864. The van der Waals surface area contributed by atoms with Crippen molar-refractivity contribution < 1.29 is 24.9 Å². The maximum absolute atomic E-state index is 11.0. The molecule has 0 N–H and O–H groups in total. The van der Waals surface area contributed by atoms with Gasteiger partial charge in [-0.1, -0.05) is 99.3 Å². The van der Waals surface area contributed by atoms with Crippen LogP contribution in [0.15, 0.2) is 11.8 Å². The van der Waals surface area contributed by atoms with Gasteiger partial charge in [0.2, 0.25) is 0 Å². The van der Waals surface area contributed by atoms with E-state index in [0.29, 0.717) is 6.61 Å². The molecule has 0 aliphatic heterocycles. The molecule has 0 unspecified atom stereocenters. The standard InChI is InChI=1S/C16H30O3.2C3H7O.Al/c1-3-4-5-6-7-8-9-10-11-12-13-19-16(18)14-15(2)17;2*1-3(2)4;/h14,17H,3-13H2,1-2H3;2*3H,1-2H3;/q;2*-1;+3/p-1/b15-14-;;;. The number of hydrogen-bond donors (Lipinski definition) is 0. The van der Waals surface area contributed by atoms with Crippen LogP contribution in [0.5, 0.6) is 0 Å². The van der Waals surface area contributed by atoms with E-state index in [1.165, 1.54) is 58.3 Å². The van der Waals surface area contributed by atoms with Gasteiger partial charge in [0.05, 0.1) is 6.61 Å². The topological polar surface area (TPSA) is 95.5 Å². The van der Waals surface area contributed by atoms with Crippen LogP contribution in [0.3, 0.4) is 0 Å². The van der Waals surface area contributed by atoms with Crippen LogP contribution in [0.1, 0.15) is 106 Å². The first-order chi connectivity index (χ1) is 12.6. The van der Waals surface area contributed by atoms with Crippen LogP contribution in [-0.2, 0) is 9.53 Å². The molecule has 5 nitrogen and oxygen atoms in total. The molecule has 0 aromatic heterocycles. The van der Waals surface area contributed by atoms with Gasteiger partial charge in [-0.25, -0.2) is 4.79 Å². The van der Waals surface area contributed by atoms with Crippen LogP contribution in [-0.4, -0.2) is 42.1 Å². The minimum absolute atomic E-state index is 0. The van der Waals surface area contributed by atoms with E-state index < -0.39 is 18.2 Å². The normalized spacial score (nSPS) is 10.4. The molecular formula is C22H43AlO5. The Balaban J connectivity index is -0.000000270. The molecule has 0 aromatic carbocycles. The Morgan fingerprint density at radius 1 is 0.821 bits per heavy atom. The van der Waals surface area contributed by atoms with Gasteiger partial charge in [-0.05, 0) is 6.42 Å². The van der Waals surface area contributed by atoms with E-state index in [1.54, 1.807) is 27.7 Å². The van der Waals surface area contributed by atoms with E-state index in [-0.39, 0.29) is 23.1 Å². The van der Waals surface area contributed by atoms with Crippen LogP contribution in [0.25, 0.3) is 0 Å². The Hall–Kier alpha value is -0.538. The van der Waals surface area contributed by atoms with E-state index in [9.17, 15) is 20.1 Å². The Kier molecular flexibility index (Phi) is 35.8. The summed E-state index contributed by atoms with van der Waals surface area (Å²) < 4.78 is 4.91. The average molecular weight is 415 g/mol. The molecule has 0 heterocycles. The second-order valence-electron chi connectivity index (χ2n) is 7.20. The minimum atomic E-state index is -0.511. The molecule has 0 amide bonds. The molecule has 0 saturated carbocycles. The predicted molar refractivity (Wildman–Crippen MR) is 113 cm³/mol. The zero-order valence-corrected chi connectivity index (χ0v) is 20.3. The molecule has 0 radical (unpaired) electrons. The molecular weight excluding hydrogens is 371 g/mol. The Morgan fingerprint density at radius 3 is 1.46 bits per heavy atom. The summed E-state index contributed by atoms with van der Waals surface area (Å²) >= 11 is 0. The first-order valence-electron chi connectivity index (χ1n) is 10.5. The van der Waals surface area contributed by atoms with Crippen molar-refractivity contribution in [2.45, 2.75) is 118 Å². The van der Waals surface area contributed by atoms with E-state index in [0.717, 1.165) is 18.9 Å². The fourth-order valence-electron chi connectivity index (χ4n) is 1.97. The van der Waals surface area contributed by atoms with E-state index in [2.05, 4.69) is 6.92 Å². The summed E-state index contributed by atoms with van der Waals surface area (Å²) in [6, 6.07) is 0. The second-order valence-corrected chi connectivity index (χ2v) is 7.20. The molecule has 0 aliphatic carbocycles. The van der Waals surface area contributed by atoms with Gasteiger partial charge in [0.1, 0.15) is 0 Å². The molecule has 0 spiro atoms. The number of unbranched alkanes of at least 4 members (excludes halogenated alkanes) is 9. The van der Waals surface area contributed by atoms with E-state index in [4.69, 9.17) is 4.74 Å². The van der Waals surface area contributed by atoms with Crippen molar-refractivity contribution in [3.8, 4) is 0 Å². The van der Waals surface area contributed by atoms with Gasteiger partial charge in [-0.2, -0.15) is 0 Å². The summed E-state index contributed by atoms with van der Waals surface area (Å²) in [6.07, 6.45) is 12.7. The molecule has 0 saturated heterocycles. The summed E-state index contributed by atoms with van der Waals surface area (Å²) in [5.41, 5.74) is 0. The van der Waals surface area contributed by atoms with E-state index >= 15 is 0 Å². The molecule has 0 aromatic rings.